The molecule has 1 aliphatic rings. The van der Waals surface area contributed by atoms with Crippen LogP contribution in [0.3, 0.4) is 0 Å². The lowest BCUT2D eigenvalue weighted by molar-refractivity contribution is -0.0188. The molecule has 2 atom stereocenters. The fourth-order valence-electron chi connectivity index (χ4n) is 5.50. The van der Waals surface area contributed by atoms with Crippen LogP contribution < -0.4 is 43.2 Å². The Morgan fingerprint density at radius 1 is 0.694 bits per heavy atom. The number of rotatable bonds is 12. The van der Waals surface area contributed by atoms with Crippen molar-refractivity contribution in [3.63, 3.8) is 0 Å². The minimum absolute atomic E-state index is 0.0138. The molecule has 0 spiro atoms. The van der Waals surface area contributed by atoms with Crippen LogP contribution >= 0.6 is 0 Å². The molecule has 5 rings (SSSR count). The van der Waals surface area contributed by atoms with Crippen LogP contribution in [0.15, 0.2) is 60.7 Å². The molecule has 0 fully saturated rings. The fraction of sp³-hybridized carbons (Fsp3) is 0.278. The quantitative estimate of drug-likeness (QED) is 0.176. The third kappa shape index (κ3) is 7.05. The number of nitrogens with one attached hydrogen (secondary N) is 1. The number of fused-ring (bicyclic) bond motifs is 1. The predicted octanol–water partition coefficient (Wildman–Crippen LogP) is 6.04. The Morgan fingerprint density at radius 2 is 1.37 bits per heavy atom. The Hall–Kier alpha value is -5.85. The van der Waals surface area contributed by atoms with Crippen molar-refractivity contribution in [3.05, 3.63) is 88.7 Å². The molecule has 13 heteroatoms. The molecule has 0 radical (unpaired) electrons. The monoisotopic (exact) mass is 677 g/mol. The van der Waals surface area contributed by atoms with Crippen molar-refractivity contribution in [3.8, 4) is 46.0 Å². The lowest BCUT2D eigenvalue weighted by Gasteiger charge is -2.34. The minimum Gasteiger partial charge on any atom is -0.496 e. The Labute approximate surface area is 282 Å². The van der Waals surface area contributed by atoms with Gasteiger partial charge in [0.05, 0.1) is 61.0 Å². The van der Waals surface area contributed by atoms with Gasteiger partial charge in [0.1, 0.15) is 29.2 Å². The molecule has 1 heterocycles. The first-order valence-corrected chi connectivity index (χ1v) is 14.9. The lowest BCUT2D eigenvalue weighted by Crippen LogP contribution is -2.35. The largest absolute Gasteiger partial charge is 0.496 e. The first-order valence-electron chi connectivity index (χ1n) is 14.9. The van der Waals surface area contributed by atoms with Crippen molar-refractivity contribution < 1.29 is 56.6 Å². The van der Waals surface area contributed by atoms with E-state index in [4.69, 9.17) is 42.6 Å². The summed E-state index contributed by atoms with van der Waals surface area (Å²) in [4.78, 5) is 26.9. The molecule has 1 aliphatic heterocycles. The maximum Gasteiger partial charge on any atom is 0.338 e. The molecule has 0 bridgehead atoms. The van der Waals surface area contributed by atoms with Crippen molar-refractivity contribution in [1.82, 2.24) is 0 Å². The van der Waals surface area contributed by atoms with Gasteiger partial charge in [0.2, 0.25) is 5.75 Å². The van der Waals surface area contributed by atoms with Gasteiger partial charge in [-0.1, -0.05) is 6.07 Å². The summed E-state index contributed by atoms with van der Waals surface area (Å²) in [5.74, 6) is 0.978. The second kappa shape index (κ2) is 14.9. The molecular formula is C36H36FNO11. The van der Waals surface area contributed by atoms with E-state index in [0.717, 1.165) is 6.07 Å². The lowest BCUT2D eigenvalue weighted by atomic mass is 9.93. The second-order valence-corrected chi connectivity index (χ2v) is 10.7. The molecular weight excluding hydrogens is 641 g/mol. The third-order valence-electron chi connectivity index (χ3n) is 7.97. The molecule has 0 saturated heterocycles. The summed E-state index contributed by atoms with van der Waals surface area (Å²) >= 11 is 0. The Balaban J connectivity index is 1.46. The predicted molar refractivity (Wildman–Crippen MR) is 176 cm³/mol. The summed E-state index contributed by atoms with van der Waals surface area (Å²) in [6.45, 7) is 0. The maximum atomic E-state index is 15.0. The molecule has 1 N–H and O–H groups in total. The van der Waals surface area contributed by atoms with Crippen LogP contribution in [0.2, 0.25) is 0 Å². The fourth-order valence-corrected chi connectivity index (χ4v) is 5.50. The average molecular weight is 678 g/mol. The molecule has 4 aromatic carbocycles. The highest BCUT2D eigenvalue weighted by atomic mass is 19.1. The number of hydrogen-bond donors (Lipinski definition) is 1. The first kappa shape index (κ1) is 34.5. The van der Waals surface area contributed by atoms with Gasteiger partial charge in [-0.05, 0) is 42.5 Å². The number of esters is 1. The van der Waals surface area contributed by atoms with Gasteiger partial charge in [-0.2, -0.15) is 0 Å². The zero-order valence-electron chi connectivity index (χ0n) is 28.0. The van der Waals surface area contributed by atoms with E-state index in [1.54, 1.807) is 30.3 Å². The summed E-state index contributed by atoms with van der Waals surface area (Å²) in [7, 11) is 10.3. The number of methoxy groups -OCH3 is 7. The van der Waals surface area contributed by atoms with Gasteiger partial charge in [-0.15, -0.1) is 0 Å². The van der Waals surface area contributed by atoms with Gasteiger partial charge < -0.3 is 47.9 Å². The molecule has 258 valence electrons. The molecule has 0 saturated carbocycles. The highest BCUT2D eigenvalue weighted by Crippen LogP contribution is 2.45. The highest BCUT2D eigenvalue weighted by molar-refractivity contribution is 6.05. The Kier molecular flexibility index (Phi) is 10.5. The van der Waals surface area contributed by atoms with Crippen LogP contribution in [-0.2, 0) is 11.2 Å². The van der Waals surface area contributed by atoms with Gasteiger partial charge in [0.25, 0.3) is 5.91 Å². The zero-order chi connectivity index (χ0) is 35.2. The SMILES string of the molecule is COc1cc(OC)c2c(c1)O[C@H](c1ccc(OC)c(OC)c1)[C@H](OC(=O)c1ccc(F)c(NC(=O)c3cc(OC)c(OC)c(OC)c3)c1)C2. The van der Waals surface area contributed by atoms with Crippen LogP contribution in [0.5, 0.6) is 46.0 Å². The van der Waals surface area contributed by atoms with Crippen molar-refractivity contribution in [2.45, 2.75) is 18.6 Å². The summed E-state index contributed by atoms with van der Waals surface area (Å²) < 4.78 is 65.4. The number of hydrogen-bond acceptors (Lipinski definition) is 11. The van der Waals surface area contributed by atoms with Crippen LogP contribution in [-0.4, -0.2) is 67.7 Å². The van der Waals surface area contributed by atoms with E-state index in [1.165, 1.54) is 74.0 Å². The van der Waals surface area contributed by atoms with Crippen LogP contribution in [0.4, 0.5) is 10.1 Å². The normalized spacial score (nSPS) is 14.8. The molecule has 0 unspecified atom stereocenters. The second-order valence-electron chi connectivity index (χ2n) is 10.7. The average Bonchev–Trinajstić information content (AvgIpc) is 3.13. The number of benzene rings is 4. The van der Waals surface area contributed by atoms with Crippen LogP contribution in [0.25, 0.3) is 0 Å². The number of ether oxygens (including phenoxy) is 9. The topological polar surface area (TPSA) is 129 Å². The van der Waals surface area contributed by atoms with E-state index in [0.29, 0.717) is 39.9 Å². The first-order chi connectivity index (χ1) is 23.7. The molecule has 12 nitrogen and oxygen atoms in total. The van der Waals surface area contributed by atoms with E-state index in [-0.39, 0.29) is 40.5 Å². The summed E-state index contributed by atoms with van der Waals surface area (Å²) in [6, 6.07) is 15.1. The van der Waals surface area contributed by atoms with Crippen LogP contribution in [0, 0.1) is 5.82 Å². The van der Waals surface area contributed by atoms with Gasteiger partial charge >= 0.3 is 5.97 Å². The number of carbonyl (C=O) groups is 2. The molecule has 49 heavy (non-hydrogen) atoms. The summed E-state index contributed by atoms with van der Waals surface area (Å²) in [5, 5.41) is 2.51. The van der Waals surface area contributed by atoms with Gasteiger partial charge in [-0.25, -0.2) is 9.18 Å². The molecule has 0 aliphatic carbocycles. The number of carbonyl (C=O) groups excluding carboxylic acids is 2. The Morgan fingerprint density at radius 3 is 1.98 bits per heavy atom. The number of amides is 1. The molecule has 0 aromatic heterocycles. The van der Waals surface area contributed by atoms with E-state index >= 15 is 4.39 Å². The van der Waals surface area contributed by atoms with Crippen molar-refractivity contribution in [1.29, 1.82) is 0 Å². The van der Waals surface area contributed by atoms with Gasteiger partial charge in [0.15, 0.2) is 29.1 Å². The van der Waals surface area contributed by atoms with Gasteiger partial charge in [0, 0.05) is 35.2 Å². The van der Waals surface area contributed by atoms with E-state index in [1.807, 2.05) is 0 Å². The zero-order valence-corrected chi connectivity index (χ0v) is 28.0. The third-order valence-corrected chi connectivity index (χ3v) is 7.97. The van der Waals surface area contributed by atoms with E-state index in [9.17, 15) is 9.59 Å². The smallest absolute Gasteiger partial charge is 0.338 e. The van der Waals surface area contributed by atoms with Crippen molar-refractivity contribution in [2.24, 2.45) is 0 Å². The Bertz CT molecular complexity index is 1840. The molecule has 4 aromatic rings. The van der Waals surface area contributed by atoms with E-state index < -0.39 is 29.9 Å². The summed E-state index contributed by atoms with van der Waals surface area (Å²) in [5.41, 5.74) is 1.14. The van der Waals surface area contributed by atoms with Crippen molar-refractivity contribution in [2.75, 3.05) is 55.1 Å². The van der Waals surface area contributed by atoms with Crippen molar-refractivity contribution >= 4 is 17.6 Å². The summed E-state index contributed by atoms with van der Waals surface area (Å²) in [6.07, 6.45) is -1.46. The van der Waals surface area contributed by atoms with E-state index in [2.05, 4.69) is 5.32 Å². The standard InChI is InChI=1S/C36H36FNO11/c1-41-22-16-27(43-3)23-18-32(33(48-28(23)17-22)19-9-11-26(42-2)29(13-19)44-4)49-36(40)20-8-10-24(37)25(12-20)38-35(39)21-14-30(45-5)34(47-7)31(15-21)46-6/h8-17,32-33H,18H2,1-7H3,(H,38,39)/t32-,33-/m1/s1. The minimum atomic E-state index is -0.872. The maximum absolute atomic E-state index is 15.0. The number of anilines is 1. The molecule has 1 amide bonds. The van der Waals surface area contributed by atoms with Gasteiger partial charge in [-0.3, -0.25) is 4.79 Å². The van der Waals surface area contributed by atoms with Crippen LogP contribution in [0.1, 0.15) is 37.9 Å². The number of halogens is 1. The highest BCUT2D eigenvalue weighted by Gasteiger charge is 2.37.